The van der Waals surface area contributed by atoms with Crippen molar-refractivity contribution in [2.75, 3.05) is 7.11 Å². The third-order valence-electron chi connectivity index (χ3n) is 4.35. The summed E-state index contributed by atoms with van der Waals surface area (Å²) >= 11 is 0. The summed E-state index contributed by atoms with van der Waals surface area (Å²) in [5.74, 6) is 1.57. The summed E-state index contributed by atoms with van der Waals surface area (Å²) in [6, 6.07) is 17.4. The van der Waals surface area contributed by atoms with Crippen molar-refractivity contribution in [2.24, 2.45) is 7.05 Å². The second-order valence-electron chi connectivity index (χ2n) is 6.16. The Hall–Kier alpha value is -3.08. The van der Waals surface area contributed by atoms with Gasteiger partial charge in [0.15, 0.2) is 0 Å². The molecule has 1 N–H and O–H groups in total. The van der Waals surface area contributed by atoms with E-state index in [-0.39, 0.29) is 11.9 Å². The molecule has 1 amide bonds. The van der Waals surface area contributed by atoms with Crippen molar-refractivity contribution in [1.82, 2.24) is 14.9 Å². The minimum atomic E-state index is -0.302. The Labute approximate surface area is 153 Å². The van der Waals surface area contributed by atoms with E-state index in [1.807, 2.05) is 72.4 Å². The number of carbonyl (C=O) groups is 1. The average molecular weight is 349 g/mol. The van der Waals surface area contributed by atoms with Crippen LogP contribution in [0.3, 0.4) is 0 Å². The largest absolute Gasteiger partial charge is 0.497 e. The highest BCUT2D eigenvalue weighted by Crippen LogP contribution is 2.23. The lowest BCUT2D eigenvalue weighted by Crippen LogP contribution is -2.31. The van der Waals surface area contributed by atoms with Crippen LogP contribution < -0.4 is 10.1 Å². The number of aromatic nitrogens is 2. The van der Waals surface area contributed by atoms with Crippen molar-refractivity contribution in [2.45, 2.75) is 18.9 Å². The SMILES string of the molecule is COc1ccc([C@@H](NC(=O)CCc2ccccc2)c2nccn2C)cc1. The van der Waals surface area contributed by atoms with E-state index < -0.39 is 0 Å². The number of ether oxygens (including phenoxy) is 1. The van der Waals surface area contributed by atoms with E-state index in [0.717, 1.165) is 22.7 Å². The van der Waals surface area contributed by atoms with Crippen molar-refractivity contribution < 1.29 is 9.53 Å². The first kappa shape index (κ1) is 17.7. The van der Waals surface area contributed by atoms with E-state index in [9.17, 15) is 4.79 Å². The van der Waals surface area contributed by atoms with Crippen LogP contribution in [-0.2, 0) is 18.3 Å². The highest BCUT2D eigenvalue weighted by Gasteiger charge is 2.20. The second kappa shape index (κ2) is 8.34. The van der Waals surface area contributed by atoms with Gasteiger partial charge < -0.3 is 14.6 Å². The maximum atomic E-state index is 12.6. The summed E-state index contributed by atoms with van der Waals surface area (Å²) in [5, 5.41) is 3.12. The summed E-state index contributed by atoms with van der Waals surface area (Å²) in [6.45, 7) is 0. The van der Waals surface area contributed by atoms with E-state index in [1.54, 1.807) is 13.3 Å². The Morgan fingerprint density at radius 1 is 1.15 bits per heavy atom. The molecule has 3 rings (SSSR count). The lowest BCUT2D eigenvalue weighted by atomic mass is 10.0. The number of nitrogens with one attached hydrogen (secondary N) is 1. The van der Waals surface area contributed by atoms with Crippen LogP contribution in [0.15, 0.2) is 67.0 Å². The van der Waals surface area contributed by atoms with Gasteiger partial charge in [-0.15, -0.1) is 0 Å². The zero-order valence-electron chi connectivity index (χ0n) is 15.1. The van der Waals surface area contributed by atoms with Crippen molar-refractivity contribution in [3.8, 4) is 5.75 Å². The quantitative estimate of drug-likeness (QED) is 0.712. The van der Waals surface area contributed by atoms with E-state index in [2.05, 4.69) is 10.3 Å². The number of hydrogen-bond donors (Lipinski definition) is 1. The van der Waals surface area contributed by atoms with E-state index in [0.29, 0.717) is 12.8 Å². The zero-order chi connectivity index (χ0) is 18.4. The highest BCUT2D eigenvalue weighted by molar-refractivity contribution is 5.77. The molecule has 26 heavy (non-hydrogen) atoms. The molecule has 134 valence electrons. The van der Waals surface area contributed by atoms with Crippen LogP contribution in [0, 0.1) is 0 Å². The molecule has 5 heteroatoms. The van der Waals surface area contributed by atoms with Gasteiger partial charge in [-0.2, -0.15) is 0 Å². The molecule has 0 aliphatic rings. The molecule has 0 saturated heterocycles. The third-order valence-corrected chi connectivity index (χ3v) is 4.35. The molecule has 1 aromatic heterocycles. The van der Waals surface area contributed by atoms with Crippen LogP contribution in [0.2, 0.25) is 0 Å². The summed E-state index contributed by atoms with van der Waals surface area (Å²) in [5.41, 5.74) is 2.12. The number of rotatable bonds is 7. The summed E-state index contributed by atoms with van der Waals surface area (Å²) in [4.78, 5) is 17.0. The minimum absolute atomic E-state index is 0.00216. The monoisotopic (exact) mass is 349 g/mol. The van der Waals surface area contributed by atoms with Crippen molar-refractivity contribution in [1.29, 1.82) is 0 Å². The van der Waals surface area contributed by atoms with Gasteiger partial charge in [0.25, 0.3) is 0 Å². The van der Waals surface area contributed by atoms with Gasteiger partial charge in [-0.1, -0.05) is 42.5 Å². The molecule has 0 saturated carbocycles. The van der Waals surface area contributed by atoms with Crippen molar-refractivity contribution >= 4 is 5.91 Å². The van der Waals surface area contributed by atoms with Crippen LogP contribution in [0.1, 0.15) is 29.4 Å². The van der Waals surface area contributed by atoms with Gasteiger partial charge in [-0.3, -0.25) is 4.79 Å². The number of nitrogens with zero attached hydrogens (tertiary/aromatic N) is 2. The fraction of sp³-hybridized carbons (Fsp3) is 0.238. The van der Waals surface area contributed by atoms with Gasteiger partial charge in [-0.25, -0.2) is 4.98 Å². The molecule has 3 aromatic rings. The Balaban J connectivity index is 1.75. The number of carbonyl (C=O) groups excluding carboxylic acids is 1. The molecular formula is C21H23N3O2. The van der Waals surface area contributed by atoms with Gasteiger partial charge in [0.05, 0.1) is 7.11 Å². The minimum Gasteiger partial charge on any atom is -0.497 e. The summed E-state index contributed by atoms with van der Waals surface area (Å²) in [6.07, 6.45) is 4.76. The smallest absolute Gasteiger partial charge is 0.221 e. The number of imidazole rings is 1. The van der Waals surface area contributed by atoms with Gasteiger partial charge >= 0.3 is 0 Å². The lowest BCUT2D eigenvalue weighted by molar-refractivity contribution is -0.121. The molecule has 0 unspecified atom stereocenters. The first-order valence-corrected chi connectivity index (χ1v) is 8.62. The van der Waals surface area contributed by atoms with Crippen molar-refractivity contribution in [3.05, 3.63) is 83.9 Å². The van der Waals surface area contributed by atoms with E-state index in [4.69, 9.17) is 4.74 Å². The van der Waals surface area contributed by atoms with Gasteiger partial charge in [-0.05, 0) is 29.7 Å². The Kier molecular flexibility index (Phi) is 5.69. The maximum Gasteiger partial charge on any atom is 0.221 e. The predicted molar refractivity (Wildman–Crippen MR) is 101 cm³/mol. The number of hydrogen-bond acceptors (Lipinski definition) is 3. The Bertz CT molecular complexity index is 841. The Morgan fingerprint density at radius 2 is 1.88 bits per heavy atom. The molecule has 1 atom stereocenters. The number of amides is 1. The van der Waals surface area contributed by atoms with Gasteiger partial charge in [0.1, 0.15) is 17.6 Å². The lowest BCUT2D eigenvalue weighted by Gasteiger charge is -2.19. The fourth-order valence-corrected chi connectivity index (χ4v) is 2.88. The number of aryl methyl sites for hydroxylation is 2. The standard InChI is InChI=1S/C21H23N3O2/c1-24-15-14-22-21(24)20(17-9-11-18(26-2)12-10-17)23-19(25)13-8-16-6-4-3-5-7-16/h3-7,9-12,14-15,20H,8,13H2,1-2H3,(H,23,25)/t20-/m1/s1. The Morgan fingerprint density at radius 3 is 2.50 bits per heavy atom. The first-order chi connectivity index (χ1) is 12.7. The van der Waals surface area contributed by atoms with E-state index in [1.165, 1.54) is 0 Å². The fourth-order valence-electron chi connectivity index (χ4n) is 2.88. The third kappa shape index (κ3) is 4.30. The van der Waals surface area contributed by atoms with Gasteiger partial charge in [0, 0.05) is 25.9 Å². The molecule has 0 aliphatic carbocycles. The topological polar surface area (TPSA) is 56.1 Å². The molecule has 0 radical (unpaired) electrons. The highest BCUT2D eigenvalue weighted by atomic mass is 16.5. The summed E-state index contributed by atoms with van der Waals surface area (Å²) in [7, 11) is 3.56. The van der Waals surface area contributed by atoms with Crippen molar-refractivity contribution in [3.63, 3.8) is 0 Å². The van der Waals surface area contributed by atoms with Crippen LogP contribution in [-0.4, -0.2) is 22.6 Å². The average Bonchev–Trinajstić information content (AvgIpc) is 3.11. The van der Waals surface area contributed by atoms with Crippen LogP contribution >= 0.6 is 0 Å². The van der Waals surface area contributed by atoms with E-state index >= 15 is 0 Å². The molecule has 0 aliphatic heterocycles. The van der Waals surface area contributed by atoms with Crippen LogP contribution in [0.5, 0.6) is 5.75 Å². The molecule has 1 heterocycles. The molecule has 2 aromatic carbocycles. The predicted octanol–water partition coefficient (Wildman–Crippen LogP) is 3.27. The van der Waals surface area contributed by atoms with Crippen LogP contribution in [0.4, 0.5) is 0 Å². The molecular weight excluding hydrogens is 326 g/mol. The first-order valence-electron chi connectivity index (χ1n) is 8.62. The molecule has 0 spiro atoms. The molecule has 5 nitrogen and oxygen atoms in total. The van der Waals surface area contributed by atoms with Crippen LogP contribution in [0.25, 0.3) is 0 Å². The molecule has 0 fully saturated rings. The molecule has 0 bridgehead atoms. The number of methoxy groups -OCH3 is 1. The normalized spacial score (nSPS) is 11.8. The van der Waals surface area contributed by atoms with Gasteiger partial charge in [0.2, 0.25) is 5.91 Å². The summed E-state index contributed by atoms with van der Waals surface area (Å²) < 4.78 is 7.15. The maximum absolute atomic E-state index is 12.6. The number of benzene rings is 2. The zero-order valence-corrected chi connectivity index (χ0v) is 15.1. The second-order valence-corrected chi connectivity index (χ2v) is 6.16.